The fourth-order valence-electron chi connectivity index (χ4n) is 4.16. The van der Waals surface area contributed by atoms with Crippen LogP contribution in [0.2, 0.25) is 0 Å². The summed E-state index contributed by atoms with van der Waals surface area (Å²) in [6.07, 6.45) is 17.8. The summed E-state index contributed by atoms with van der Waals surface area (Å²) in [6, 6.07) is 6.36. The molecule has 0 atom stereocenters. The molecule has 1 heterocycles. The van der Waals surface area contributed by atoms with Crippen molar-refractivity contribution >= 4 is 11.5 Å². The number of ketones is 1. The van der Waals surface area contributed by atoms with Crippen LogP contribution in [0, 0.1) is 0 Å². The fourth-order valence-corrected chi connectivity index (χ4v) is 4.16. The zero-order valence-corrected chi connectivity index (χ0v) is 22.2. The molecular weight excluding hydrogens is 418 g/mol. The number of carbonyl (C=O) groups is 1. The molecular formula is C31H47NO2. The highest BCUT2D eigenvalue weighted by molar-refractivity contribution is 5.99. The number of methoxy groups -OCH3 is 1. The van der Waals surface area contributed by atoms with Crippen molar-refractivity contribution in [2.24, 2.45) is 0 Å². The third-order valence-corrected chi connectivity index (χ3v) is 6.08. The summed E-state index contributed by atoms with van der Waals surface area (Å²) in [4.78, 5) is 15.2. The van der Waals surface area contributed by atoms with E-state index in [0.717, 1.165) is 42.8 Å². The number of rotatable bonds is 15. The van der Waals surface area contributed by atoms with Gasteiger partial charge in [0.05, 0.1) is 6.61 Å². The van der Waals surface area contributed by atoms with Gasteiger partial charge >= 0.3 is 0 Å². The van der Waals surface area contributed by atoms with Crippen LogP contribution in [0.5, 0.6) is 0 Å². The molecule has 2 rings (SSSR count). The number of allylic oxidation sites excluding steroid dienone is 5. The summed E-state index contributed by atoms with van der Waals surface area (Å²) >= 11 is 0. The molecule has 0 unspecified atom stereocenters. The summed E-state index contributed by atoms with van der Waals surface area (Å²) in [6.45, 7) is 16.8. The monoisotopic (exact) mass is 465 g/mol. The van der Waals surface area contributed by atoms with Crippen LogP contribution in [-0.2, 0) is 22.4 Å². The molecule has 0 radical (unpaired) electrons. The first kappa shape index (κ1) is 29.6. The van der Waals surface area contributed by atoms with Gasteiger partial charge < -0.3 is 9.64 Å². The van der Waals surface area contributed by atoms with Gasteiger partial charge in [-0.1, -0.05) is 109 Å². The number of hydrogen-bond donors (Lipinski definition) is 0. The van der Waals surface area contributed by atoms with Gasteiger partial charge in [0, 0.05) is 43.5 Å². The Labute approximate surface area is 209 Å². The van der Waals surface area contributed by atoms with Crippen LogP contribution in [0.1, 0.15) is 82.4 Å². The zero-order chi connectivity index (χ0) is 25.2. The number of Topliss-reactive ketones (excluding diaryl/α,β-unsaturated/α-hetero) is 1. The van der Waals surface area contributed by atoms with Gasteiger partial charge in [-0.15, -0.1) is 0 Å². The maximum Gasteiger partial charge on any atom is 0.167 e. The Hall–Kier alpha value is -2.39. The maximum atomic E-state index is 12.9. The van der Waals surface area contributed by atoms with Crippen molar-refractivity contribution in [2.75, 3.05) is 26.8 Å². The molecule has 0 saturated heterocycles. The van der Waals surface area contributed by atoms with Crippen molar-refractivity contribution in [1.82, 2.24) is 4.90 Å². The maximum absolute atomic E-state index is 12.9. The number of nitrogens with zero attached hydrogens (tertiary/aromatic N) is 1. The number of ether oxygens (including phenoxy) is 1. The molecule has 0 saturated carbocycles. The van der Waals surface area contributed by atoms with Crippen molar-refractivity contribution in [3.8, 4) is 0 Å². The van der Waals surface area contributed by atoms with Gasteiger partial charge in [-0.2, -0.15) is 0 Å². The Balaban J connectivity index is 0.00000281. The first-order valence-electron chi connectivity index (χ1n) is 13.2. The number of benzene rings is 1. The second-order valence-corrected chi connectivity index (χ2v) is 8.58. The lowest BCUT2D eigenvalue weighted by Gasteiger charge is -2.32. The third-order valence-electron chi connectivity index (χ3n) is 6.08. The smallest absolute Gasteiger partial charge is 0.167 e. The predicted molar refractivity (Wildman–Crippen MR) is 148 cm³/mol. The van der Waals surface area contributed by atoms with E-state index < -0.39 is 0 Å². The minimum Gasteiger partial charge on any atom is -0.383 e. The molecule has 3 nitrogen and oxygen atoms in total. The largest absolute Gasteiger partial charge is 0.383 e. The SMILES string of the molecule is C=C/C=C(\C=C/CCCCCCCC)C(=O)Cc1ccc2c(c1)CCN(CCOC)C2=C.CC. The molecule has 0 spiro atoms. The van der Waals surface area contributed by atoms with E-state index in [1.54, 1.807) is 13.2 Å². The second-order valence-electron chi connectivity index (χ2n) is 8.58. The number of unbranched alkanes of at least 4 members (excludes halogenated alkanes) is 6. The van der Waals surface area contributed by atoms with E-state index in [1.165, 1.54) is 49.7 Å². The molecule has 0 aliphatic carbocycles. The molecule has 0 aromatic heterocycles. The highest BCUT2D eigenvalue weighted by atomic mass is 16.5. The van der Waals surface area contributed by atoms with Gasteiger partial charge in [0.1, 0.15) is 0 Å². The minimum atomic E-state index is 0.139. The van der Waals surface area contributed by atoms with Crippen molar-refractivity contribution in [3.63, 3.8) is 0 Å². The summed E-state index contributed by atoms with van der Waals surface area (Å²) in [5.41, 5.74) is 5.31. The predicted octanol–water partition coefficient (Wildman–Crippen LogP) is 7.72. The van der Waals surface area contributed by atoms with Gasteiger partial charge in [-0.05, 0) is 30.4 Å². The molecule has 1 aromatic rings. The zero-order valence-electron chi connectivity index (χ0n) is 22.2. The first-order valence-corrected chi connectivity index (χ1v) is 13.2. The van der Waals surface area contributed by atoms with Crippen LogP contribution in [0.15, 0.2) is 61.2 Å². The van der Waals surface area contributed by atoms with Crippen LogP contribution < -0.4 is 0 Å². The molecule has 1 aliphatic heterocycles. The first-order chi connectivity index (χ1) is 16.6. The molecule has 0 bridgehead atoms. The van der Waals surface area contributed by atoms with Crippen molar-refractivity contribution in [2.45, 2.75) is 78.6 Å². The molecule has 0 fully saturated rings. The highest BCUT2D eigenvalue weighted by Gasteiger charge is 2.20. The molecule has 3 heteroatoms. The van der Waals surface area contributed by atoms with Gasteiger partial charge in [0.15, 0.2) is 5.78 Å². The van der Waals surface area contributed by atoms with E-state index in [4.69, 9.17) is 4.74 Å². The van der Waals surface area contributed by atoms with E-state index in [-0.39, 0.29) is 5.78 Å². The van der Waals surface area contributed by atoms with Crippen LogP contribution >= 0.6 is 0 Å². The van der Waals surface area contributed by atoms with E-state index >= 15 is 0 Å². The third kappa shape index (κ3) is 10.3. The summed E-state index contributed by atoms with van der Waals surface area (Å²) in [7, 11) is 1.73. The standard InChI is InChI=1S/C29H41NO2.C2H6/c1-5-7-8-9-10-11-12-13-15-26(14-6-2)29(31)23-25-16-17-28-24(3)30(20-21-32-4)19-18-27(28)22-25;1-2/h6,13-17,22H,2-3,5,7-12,18-21,23H2,1,4H3;1-2H3/b15-13-,26-14+;. The Kier molecular flexibility index (Phi) is 15.7. The van der Waals surface area contributed by atoms with Gasteiger partial charge in [-0.3, -0.25) is 4.79 Å². The summed E-state index contributed by atoms with van der Waals surface area (Å²) in [5.74, 6) is 0.139. The molecule has 34 heavy (non-hydrogen) atoms. The highest BCUT2D eigenvalue weighted by Crippen LogP contribution is 2.28. The van der Waals surface area contributed by atoms with Crippen molar-refractivity contribution < 1.29 is 9.53 Å². The van der Waals surface area contributed by atoms with Crippen molar-refractivity contribution in [3.05, 3.63) is 77.9 Å². The molecule has 1 aliphatic rings. The quantitative estimate of drug-likeness (QED) is 0.151. The van der Waals surface area contributed by atoms with Crippen LogP contribution in [0.4, 0.5) is 0 Å². The fraction of sp³-hybridized carbons (Fsp3) is 0.516. The van der Waals surface area contributed by atoms with Crippen LogP contribution in [0.25, 0.3) is 5.70 Å². The van der Waals surface area contributed by atoms with Gasteiger partial charge in [0.25, 0.3) is 0 Å². The van der Waals surface area contributed by atoms with Crippen molar-refractivity contribution in [1.29, 1.82) is 0 Å². The lowest BCUT2D eigenvalue weighted by atomic mass is 9.92. The molecule has 0 amide bonds. The van der Waals surface area contributed by atoms with E-state index in [1.807, 2.05) is 26.0 Å². The van der Waals surface area contributed by atoms with E-state index in [0.29, 0.717) is 13.0 Å². The molecule has 1 aromatic carbocycles. The molecule has 188 valence electrons. The lowest BCUT2D eigenvalue weighted by molar-refractivity contribution is -0.114. The molecule has 0 N–H and O–H groups in total. The lowest BCUT2D eigenvalue weighted by Crippen LogP contribution is -2.31. The Morgan fingerprint density at radius 1 is 1.15 bits per heavy atom. The average molecular weight is 466 g/mol. The minimum absolute atomic E-state index is 0.139. The summed E-state index contributed by atoms with van der Waals surface area (Å²) < 4.78 is 5.21. The van der Waals surface area contributed by atoms with Crippen LogP contribution in [-0.4, -0.2) is 37.5 Å². The number of fused-ring (bicyclic) bond motifs is 1. The van der Waals surface area contributed by atoms with Gasteiger partial charge in [-0.25, -0.2) is 0 Å². The van der Waals surface area contributed by atoms with Gasteiger partial charge in [0.2, 0.25) is 0 Å². The second kappa shape index (κ2) is 18.0. The number of carbonyl (C=O) groups excluding carboxylic acids is 1. The Morgan fingerprint density at radius 3 is 2.59 bits per heavy atom. The topological polar surface area (TPSA) is 29.5 Å². The van der Waals surface area contributed by atoms with E-state index in [2.05, 4.69) is 49.3 Å². The summed E-state index contributed by atoms with van der Waals surface area (Å²) in [5, 5.41) is 0. The van der Waals surface area contributed by atoms with Crippen LogP contribution in [0.3, 0.4) is 0 Å². The van der Waals surface area contributed by atoms with E-state index in [9.17, 15) is 4.79 Å². The number of hydrogen-bond acceptors (Lipinski definition) is 3. The Morgan fingerprint density at radius 2 is 1.88 bits per heavy atom. The normalized spacial score (nSPS) is 13.5. The Bertz CT molecular complexity index is 819. The average Bonchev–Trinajstić information content (AvgIpc) is 2.85.